The molecule has 0 aliphatic rings. The number of hydrogen-bond donors (Lipinski definition) is 0. The Balaban J connectivity index is 3.35. The molecule has 20 heavy (non-hydrogen) atoms. The molecule has 0 amide bonds. The van der Waals surface area contributed by atoms with Gasteiger partial charge >= 0.3 is 0 Å². The molecule has 0 heterocycles. The van der Waals surface area contributed by atoms with Crippen LogP contribution in [0.5, 0.6) is 0 Å². The van der Waals surface area contributed by atoms with Crippen molar-refractivity contribution in [3.63, 3.8) is 0 Å². The molecule has 1 aromatic rings. The predicted molar refractivity (Wildman–Crippen MR) is 93.7 cm³/mol. The van der Waals surface area contributed by atoms with Gasteiger partial charge in [-0.2, -0.15) is 0 Å². The van der Waals surface area contributed by atoms with Gasteiger partial charge in [0.05, 0.1) is 0 Å². The summed E-state index contributed by atoms with van der Waals surface area (Å²) < 4.78 is -8.63. The first-order valence-corrected chi connectivity index (χ1v) is 8.42. The summed E-state index contributed by atoms with van der Waals surface area (Å²) in [6, 6.07) is 6.77. The molecule has 1 aromatic carbocycles. The molecular weight excluding hydrogens is 451 g/mol. The second-order valence-electron chi connectivity index (χ2n) is 4.09. The molecule has 114 valence electrons. The minimum Gasteiger partial charge on any atom is -0.0943 e. The predicted octanol–water partition coefficient (Wildman–Crippen LogP) is 7.34. The van der Waals surface area contributed by atoms with Crippen LogP contribution in [0, 0.1) is 6.92 Å². The van der Waals surface area contributed by atoms with E-state index in [4.69, 9.17) is 104 Å². The Morgan fingerprint density at radius 3 is 1.40 bits per heavy atom. The zero-order valence-corrected chi connectivity index (χ0v) is 16.5. The van der Waals surface area contributed by atoms with Crippen molar-refractivity contribution >= 4 is 104 Å². The van der Waals surface area contributed by atoms with Gasteiger partial charge in [0.15, 0.2) is 8.67 Å². The number of benzene rings is 1. The van der Waals surface area contributed by atoms with E-state index in [-0.39, 0.29) is 0 Å². The number of halogens is 9. The zero-order chi connectivity index (χ0) is 16.0. The molecule has 0 unspecified atom stereocenters. The van der Waals surface area contributed by atoms with Crippen molar-refractivity contribution in [3.8, 4) is 0 Å². The summed E-state index contributed by atoms with van der Waals surface area (Å²) in [6.45, 7) is 1.89. The number of rotatable bonds is 3. The van der Waals surface area contributed by atoms with Crippen LogP contribution in [-0.2, 0) is 4.33 Å². The molecule has 0 atom stereocenters. The molecule has 0 fully saturated rings. The molecule has 0 nitrogen and oxygen atoms in total. The van der Waals surface area contributed by atoms with Crippen molar-refractivity contribution in [1.29, 1.82) is 0 Å². The molecule has 9 heteroatoms. The topological polar surface area (TPSA) is 0 Å². The van der Waals surface area contributed by atoms with Gasteiger partial charge in [0.1, 0.15) is 0 Å². The number of aryl methyl sites for hydroxylation is 1. The van der Waals surface area contributed by atoms with Gasteiger partial charge in [0, 0.05) is 0 Å². The van der Waals surface area contributed by atoms with Gasteiger partial charge in [-0.25, -0.2) is 0 Å². The summed E-state index contributed by atoms with van der Waals surface area (Å²) in [5.41, 5.74) is 1.34. The first kappa shape index (κ1) is 19.9. The number of hydrogen-bond acceptors (Lipinski definition) is 0. The zero-order valence-electron chi connectivity index (χ0n) is 9.71. The van der Waals surface area contributed by atoms with E-state index in [1.807, 2.05) is 6.92 Å². The maximum Gasteiger partial charge on any atom is 0.226 e. The summed E-state index contributed by atoms with van der Waals surface area (Å²) in [7, 11) is 0. The normalized spacial score (nSPS) is 14.5. The minimum atomic E-state index is -2.28. The molecule has 0 radical (unpaired) electrons. The van der Waals surface area contributed by atoms with Crippen LogP contribution in [0.3, 0.4) is 0 Å². The number of alkyl halides is 9. The maximum absolute atomic E-state index is 6.25. The van der Waals surface area contributed by atoms with E-state index in [9.17, 15) is 0 Å². The first-order valence-electron chi connectivity index (χ1n) is 5.02. The molecule has 1 rings (SSSR count). The monoisotopic (exact) mass is 454 g/mol. The average molecular weight is 458 g/mol. The van der Waals surface area contributed by atoms with Gasteiger partial charge in [-0.05, 0) is 12.5 Å². The lowest BCUT2D eigenvalue weighted by Gasteiger charge is -2.44. The third-order valence-electron chi connectivity index (χ3n) is 2.56. The summed E-state index contributed by atoms with van der Waals surface area (Å²) >= 11 is 54.0. The highest BCUT2D eigenvalue weighted by atomic mass is 35.6. The van der Waals surface area contributed by atoms with Crippen LogP contribution >= 0.6 is 104 Å². The SMILES string of the molecule is Cc1ccc(C(Cl)(Cl)C(Cl)(Cl)C(Cl)(Cl)C(Cl)(Cl)Cl)cc1. The molecule has 0 bridgehead atoms. The van der Waals surface area contributed by atoms with Gasteiger partial charge in [-0.3, -0.25) is 0 Å². The lowest BCUT2D eigenvalue weighted by atomic mass is 10.0. The van der Waals surface area contributed by atoms with Crippen LogP contribution in [0.25, 0.3) is 0 Å². The summed E-state index contributed by atoms with van der Waals surface area (Å²) in [5, 5.41) is 0. The smallest absolute Gasteiger partial charge is 0.0943 e. The molecule has 0 spiro atoms. The molecule has 0 aliphatic heterocycles. The Kier molecular flexibility index (Phi) is 6.34. The second kappa shape index (κ2) is 6.38. The van der Waals surface area contributed by atoms with Crippen LogP contribution in [0.4, 0.5) is 0 Å². The Morgan fingerprint density at radius 1 is 0.650 bits per heavy atom. The lowest BCUT2D eigenvalue weighted by Crippen LogP contribution is -2.54. The van der Waals surface area contributed by atoms with Gasteiger partial charge in [0.2, 0.25) is 8.13 Å². The third-order valence-corrected chi connectivity index (χ3v) is 8.03. The van der Waals surface area contributed by atoms with Crippen LogP contribution in [-0.4, -0.2) is 12.5 Å². The Bertz CT molecular complexity index is 470. The molecular formula is C11H7Cl9. The van der Waals surface area contributed by atoms with Gasteiger partial charge < -0.3 is 0 Å². The minimum absolute atomic E-state index is 0.358. The maximum atomic E-state index is 6.25. The Labute approximate surface area is 162 Å². The lowest BCUT2D eigenvalue weighted by molar-refractivity contribution is 0.600. The van der Waals surface area contributed by atoms with Crippen molar-refractivity contribution < 1.29 is 0 Å². The van der Waals surface area contributed by atoms with Gasteiger partial charge in [-0.1, -0.05) is 134 Å². The molecule has 0 aromatic heterocycles. The van der Waals surface area contributed by atoms with Crippen LogP contribution < -0.4 is 0 Å². The fraction of sp³-hybridized carbons (Fsp3) is 0.455. The molecule has 0 saturated carbocycles. The van der Waals surface area contributed by atoms with Crippen molar-refractivity contribution in [2.75, 3.05) is 0 Å². The fourth-order valence-corrected chi connectivity index (χ4v) is 3.55. The summed E-state index contributed by atoms with van der Waals surface area (Å²) in [6.07, 6.45) is 0. The van der Waals surface area contributed by atoms with Gasteiger partial charge in [0.25, 0.3) is 0 Å². The van der Waals surface area contributed by atoms with E-state index in [1.54, 1.807) is 24.3 Å². The van der Waals surface area contributed by atoms with E-state index in [2.05, 4.69) is 0 Å². The molecule has 0 N–H and O–H groups in total. The van der Waals surface area contributed by atoms with E-state index < -0.39 is 16.8 Å². The average Bonchev–Trinajstić information content (AvgIpc) is 2.27. The van der Waals surface area contributed by atoms with Crippen molar-refractivity contribution in [2.24, 2.45) is 0 Å². The Morgan fingerprint density at radius 2 is 1.05 bits per heavy atom. The Hall–Kier alpha value is 1.83. The fourth-order valence-electron chi connectivity index (χ4n) is 1.32. The van der Waals surface area contributed by atoms with E-state index in [0.717, 1.165) is 5.56 Å². The highest BCUT2D eigenvalue weighted by Crippen LogP contribution is 2.65. The van der Waals surface area contributed by atoms with Crippen molar-refractivity contribution in [1.82, 2.24) is 0 Å². The highest BCUT2D eigenvalue weighted by molar-refractivity contribution is 6.80. The van der Waals surface area contributed by atoms with Crippen LogP contribution in [0.15, 0.2) is 24.3 Å². The standard InChI is InChI=1S/C11H7Cl9/c1-6-2-4-7(5-3-6)8(12,13)9(14,15)10(16,17)11(18,19)20/h2-5H,1H3. The quantitative estimate of drug-likeness (QED) is 0.416. The first-order chi connectivity index (χ1) is 8.75. The van der Waals surface area contributed by atoms with Gasteiger partial charge in [-0.15, -0.1) is 0 Å². The van der Waals surface area contributed by atoms with Crippen LogP contribution in [0.2, 0.25) is 0 Å². The highest BCUT2D eigenvalue weighted by Gasteiger charge is 2.68. The summed E-state index contributed by atoms with van der Waals surface area (Å²) in [5.74, 6) is 0. The molecule has 0 aliphatic carbocycles. The second-order valence-corrected chi connectivity index (χ2v) is 10.4. The van der Waals surface area contributed by atoms with Crippen molar-refractivity contribution in [3.05, 3.63) is 35.4 Å². The van der Waals surface area contributed by atoms with E-state index in [0.29, 0.717) is 5.56 Å². The van der Waals surface area contributed by atoms with E-state index >= 15 is 0 Å². The summed E-state index contributed by atoms with van der Waals surface area (Å²) in [4.78, 5) is 0. The van der Waals surface area contributed by atoms with E-state index in [1.165, 1.54) is 0 Å². The third kappa shape index (κ3) is 3.50. The molecule has 0 saturated heterocycles. The largest absolute Gasteiger partial charge is 0.226 e. The van der Waals surface area contributed by atoms with Crippen molar-refractivity contribution in [2.45, 2.75) is 23.7 Å². The van der Waals surface area contributed by atoms with Crippen LogP contribution in [0.1, 0.15) is 11.1 Å².